The van der Waals surface area contributed by atoms with E-state index in [0.717, 1.165) is 11.6 Å². The van der Waals surface area contributed by atoms with Crippen molar-refractivity contribution in [3.63, 3.8) is 0 Å². The second-order valence-electron chi connectivity index (χ2n) is 8.73. The predicted octanol–water partition coefficient (Wildman–Crippen LogP) is 1.97. The Bertz CT molecular complexity index is 1510. The molecule has 3 aromatic heterocycles. The van der Waals surface area contributed by atoms with Crippen LogP contribution in [0.3, 0.4) is 0 Å². The van der Waals surface area contributed by atoms with Crippen LogP contribution in [0.4, 0.5) is 10.2 Å². The van der Waals surface area contributed by atoms with Gasteiger partial charge in [0.1, 0.15) is 17.6 Å². The van der Waals surface area contributed by atoms with Gasteiger partial charge in [0.2, 0.25) is 5.79 Å². The summed E-state index contributed by atoms with van der Waals surface area (Å²) in [6, 6.07) is 5.33. The summed E-state index contributed by atoms with van der Waals surface area (Å²) < 4.78 is 22.5. The van der Waals surface area contributed by atoms with E-state index in [9.17, 15) is 24.8 Å². The van der Waals surface area contributed by atoms with Gasteiger partial charge in [-0.25, -0.2) is 14.1 Å². The third-order valence-corrected chi connectivity index (χ3v) is 6.23. The minimum Gasteiger partial charge on any atom is -0.482 e. The number of benzene rings is 1. The molecule has 0 saturated carbocycles. The molecule has 1 atom stereocenters. The Balaban J connectivity index is 1.95. The van der Waals surface area contributed by atoms with Crippen molar-refractivity contribution in [2.45, 2.75) is 31.6 Å². The molecule has 1 aliphatic rings. The Hall–Kier alpha value is -3.55. The van der Waals surface area contributed by atoms with Crippen LogP contribution >= 0.6 is 11.6 Å². The summed E-state index contributed by atoms with van der Waals surface area (Å²) in [4.78, 5) is 4.12. The number of nitrogens with two attached hydrogens (primary N) is 1. The van der Waals surface area contributed by atoms with Crippen LogP contribution in [0.2, 0.25) is 5.15 Å². The van der Waals surface area contributed by atoms with Crippen molar-refractivity contribution >= 4 is 17.4 Å². The zero-order valence-electron chi connectivity index (χ0n) is 19.3. The summed E-state index contributed by atoms with van der Waals surface area (Å²) in [6.45, 7) is 2.68. The van der Waals surface area contributed by atoms with Crippen molar-refractivity contribution in [3.8, 4) is 28.3 Å². The molecule has 0 saturated heterocycles. The molecule has 4 heterocycles. The fourth-order valence-corrected chi connectivity index (χ4v) is 4.67. The lowest BCUT2D eigenvalue weighted by molar-refractivity contribution is -0.219. The SMILES string of the molecule is C[C@H]1Oc2cc(cnc2N)-c2c(c(Cl)nn2C(C)(O)O)C(O)(O)c2cn(C)nc2-c2ccc(F)cc21. The highest BCUT2D eigenvalue weighted by Crippen LogP contribution is 2.46. The van der Waals surface area contributed by atoms with E-state index in [-0.39, 0.29) is 39.6 Å². The topological polar surface area (TPSA) is 165 Å². The van der Waals surface area contributed by atoms with Crippen LogP contribution in [0.25, 0.3) is 22.5 Å². The molecule has 2 bridgehead atoms. The Morgan fingerprint density at radius 2 is 1.94 bits per heavy atom. The van der Waals surface area contributed by atoms with Crippen molar-refractivity contribution in [1.82, 2.24) is 24.5 Å². The molecule has 0 radical (unpaired) electrons. The van der Waals surface area contributed by atoms with Crippen LogP contribution < -0.4 is 10.5 Å². The molecule has 188 valence electrons. The molecular weight excluding hydrogens is 495 g/mol. The van der Waals surface area contributed by atoms with E-state index in [2.05, 4.69) is 15.2 Å². The van der Waals surface area contributed by atoms with Crippen molar-refractivity contribution in [2.75, 3.05) is 5.73 Å². The number of aromatic nitrogens is 5. The molecule has 0 unspecified atom stereocenters. The zero-order chi connectivity index (χ0) is 26.2. The summed E-state index contributed by atoms with van der Waals surface area (Å²) in [5, 5.41) is 52.0. The van der Waals surface area contributed by atoms with Gasteiger partial charge in [-0.2, -0.15) is 10.2 Å². The third kappa shape index (κ3) is 3.70. The number of hydrogen-bond acceptors (Lipinski definition) is 9. The maximum atomic E-state index is 14.3. The van der Waals surface area contributed by atoms with Gasteiger partial charge >= 0.3 is 0 Å². The van der Waals surface area contributed by atoms with E-state index >= 15 is 0 Å². The van der Waals surface area contributed by atoms with E-state index in [1.165, 1.54) is 41.3 Å². The molecular formula is C23H22ClFN6O5. The lowest BCUT2D eigenvalue weighted by Crippen LogP contribution is -2.32. The van der Waals surface area contributed by atoms with Gasteiger partial charge in [0, 0.05) is 43.1 Å². The van der Waals surface area contributed by atoms with Crippen molar-refractivity contribution in [2.24, 2.45) is 7.05 Å². The number of aliphatic hydroxyl groups is 4. The Kier molecular flexibility index (Phi) is 5.36. The minimum atomic E-state index is -2.85. The molecule has 6 N–H and O–H groups in total. The number of hydrogen-bond donors (Lipinski definition) is 5. The number of halogens is 2. The third-order valence-electron chi connectivity index (χ3n) is 5.96. The number of nitrogen functional groups attached to an aromatic ring is 1. The number of anilines is 1. The van der Waals surface area contributed by atoms with Gasteiger partial charge in [-0.05, 0) is 31.2 Å². The molecule has 1 aliphatic heterocycles. The quantitative estimate of drug-likeness (QED) is 0.238. The van der Waals surface area contributed by atoms with Gasteiger partial charge in [0.25, 0.3) is 5.91 Å². The highest BCUT2D eigenvalue weighted by Gasteiger charge is 2.43. The summed E-state index contributed by atoms with van der Waals surface area (Å²) in [5.74, 6) is -5.92. The lowest BCUT2D eigenvalue weighted by atomic mass is 9.91. The standard InChI is InChI=1S/C23H22ClFN6O5/c1-10-14-7-12(25)4-5-13(14)18-15(9-30(3)28-18)23(34,35)17-19(31(22(2,32)33)29-20(17)24)11-6-16(36-10)21(26)27-8-11/h4-10,32-35H,1-3H3,(H2,26,27)/t10-/m1/s1. The molecule has 5 rings (SSSR count). The Labute approximate surface area is 208 Å². The highest BCUT2D eigenvalue weighted by atomic mass is 35.5. The smallest absolute Gasteiger partial charge is 0.263 e. The van der Waals surface area contributed by atoms with E-state index in [1.54, 1.807) is 14.0 Å². The highest BCUT2D eigenvalue weighted by molar-refractivity contribution is 6.30. The number of pyridine rings is 1. The lowest BCUT2D eigenvalue weighted by Gasteiger charge is -2.27. The number of fused-ring (bicyclic) bond motifs is 7. The first-order valence-electron chi connectivity index (χ1n) is 10.7. The summed E-state index contributed by atoms with van der Waals surface area (Å²) in [6.07, 6.45) is 1.84. The van der Waals surface area contributed by atoms with Gasteiger partial charge in [0.05, 0.1) is 16.8 Å². The first-order valence-corrected chi connectivity index (χ1v) is 11.1. The fourth-order valence-electron chi connectivity index (χ4n) is 4.37. The normalized spacial score (nSPS) is 16.8. The number of ether oxygens (including phenoxy) is 1. The van der Waals surface area contributed by atoms with Crippen molar-refractivity contribution in [1.29, 1.82) is 0 Å². The fraction of sp³-hybridized carbons (Fsp3) is 0.261. The zero-order valence-corrected chi connectivity index (χ0v) is 20.1. The van der Waals surface area contributed by atoms with Gasteiger partial charge in [-0.15, -0.1) is 0 Å². The second-order valence-corrected chi connectivity index (χ2v) is 9.09. The minimum absolute atomic E-state index is 0.00660. The van der Waals surface area contributed by atoms with Crippen LogP contribution in [0.15, 0.2) is 36.7 Å². The monoisotopic (exact) mass is 516 g/mol. The van der Waals surface area contributed by atoms with E-state index < -0.39 is 28.8 Å². The van der Waals surface area contributed by atoms with Crippen LogP contribution in [0.1, 0.15) is 36.6 Å². The average molecular weight is 517 g/mol. The molecule has 4 aromatic rings. The molecule has 11 nitrogen and oxygen atoms in total. The summed E-state index contributed by atoms with van der Waals surface area (Å²) in [7, 11) is 1.57. The molecule has 0 spiro atoms. The predicted molar refractivity (Wildman–Crippen MR) is 126 cm³/mol. The number of rotatable bonds is 1. The van der Waals surface area contributed by atoms with E-state index in [1.807, 2.05) is 0 Å². The van der Waals surface area contributed by atoms with Gasteiger partial charge < -0.3 is 30.9 Å². The number of aryl methyl sites for hydroxylation is 1. The largest absolute Gasteiger partial charge is 0.482 e. The summed E-state index contributed by atoms with van der Waals surface area (Å²) in [5.41, 5.74) is 6.33. The van der Waals surface area contributed by atoms with E-state index in [0.29, 0.717) is 11.1 Å². The maximum Gasteiger partial charge on any atom is 0.263 e. The van der Waals surface area contributed by atoms with Crippen molar-refractivity contribution < 1.29 is 29.6 Å². The second kappa shape index (κ2) is 7.98. The summed E-state index contributed by atoms with van der Waals surface area (Å²) >= 11 is 6.38. The molecule has 0 amide bonds. The van der Waals surface area contributed by atoms with Crippen LogP contribution in [0.5, 0.6) is 5.75 Å². The first-order chi connectivity index (χ1) is 16.8. The Morgan fingerprint density at radius 3 is 2.64 bits per heavy atom. The molecule has 1 aromatic carbocycles. The van der Waals surface area contributed by atoms with Crippen molar-refractivity contribution in [3.05, 3.63) is 64.3 Å². The maximum absolute atomic E-state index is 14.3. The van der Waals surface area contributed by atoms with Crippen LogP contribution in [-0.4, -0.2) is 45.0 Å². The van der Waals surface area contributed by atoms with Gasteiger partial charge in [0.15, 0.2) is 16.7 Å². The molecule has 13 heteroatoms. The van der Waals surface area contributed by atoms with Gasteiger partial charge in [-0.3, -0.25) is 4.68 Å². The first kappa shape index (κ1) is 24.2. The molecule has 0 aliphatic carbocycles. The van der Waals surface area contributed by atoms with Crippen LogP contribution in [0, 0.1) is 5.82 Å². The number of nitrogens with zero attached hydrogens (tertiary/aromatic N) is 5. The Morgan fingerprint density at radius 1 is 1.22 bits per heavy atom. The van der Waals surface area contributed by atoms with E-state index in [4.69, 9.17) is 22.1 Å². The van der Waals surface area contributed by atoms with Gasteiger partial charge in [-0.1, -0.05) is 11.6 Å². The molecule has 36 heavy (non-hydrogen) atoms. The van der Waals surface area contributed by atoms with Crippen LogP contribution in [-0.2, 0) is 18.7 Å². The average Bonchev–Trinajstić information content (AvgIpc) is 3.35. The molecule has 0 fully saturated rings.